The first-order chi connectivity index (χ1) is 12.1. The first-order valence-corrected chi connectivity index (χ1v) is 9.13. The van der Waals surface area contributed by atoms with E-state index in [1.54, 1.807) is 0 Å². The third kappa shape index (κ3) is 6.96. The fraction of sp³-hybridized carbons (Fsp3) is 0.600. The standard InChI is InChI=1S/C20H29NO4/c1-15-6-7-17(13-16(15)2)19(22)8-9-20(23)21-10-4-11-24-14-18-5-3-12-25-18/h6-7,13,18H,3-5,8-12,14H2,1-2H3,(H,21,23). The van der Waals surface area contributed by atoms with Gasteiger partial charge in [-0.05, 0) is 50.3 Å². The molecule has 1 N–H and O–H groups in total. The molecule has 0 saturated carbocycles. The summed E-state index contributed by atoms with van der Waals surface area (Å²) in [5.74, 6) is -0.0746. The number of rotatable bonds is 10. The molecule has 1 aliphatic rings. The third-order valence-corrected chi connectivity index (χ3v) is 4.52. The lowest BCUT2D eigenvalue weighted by Crippen LogP contribution is -2.26. The van der Waals surface area contributed by atoms with E-state index in [1.807, 2.05) is 32.0 Å². The van der Waals surface area contributed by atoms with Crippen LogP contribution in [0.4, 0.5) is 0 Å². The molecule has 0 radical (unpaired) electrons. The molecule has 1 unspecified atom stereocenters. The van der Waals surface area contributed by atoms with E-state index < -0.39 is 0 Å². The Kier molecular flexibility index (Phi) is 8.09. The van der Waals surface area contributed by atoms with E-state index in [-0.39, 0.29) is 30.6 Å². The molecule has 1 fully saturated rings. The largest absolute Gasteiger partial charge is 0.379 e. The lowest BCUT2D eigenvalue weighted by molar-refractivity contribution is -0.121. The monoisotopic (exact) mass is 347 g/mol. The Bertz CT molecular complexity index is 579. The van der Waals surface area contributed by atoms with Gasteiger partial charge in [0.25, 0.3) is 0 Å². The van der Waals surface area contributed by atoms with Crippen molar-refractivity contribution in [3.8, 4) is 0 Å². The van der Waals surface area contributed by atoms with Gasteiger partial charge in [0.2, 0.25) is 5.91 Å². The number of hydrogen-bond acceptors (Lipinski definition) is 4. The van der Waals surface area contributed by atoms with Crippen LogP contribution in [0.15, 0.2) is 18.2 Å². The Labute approximate surface area is 150 Å². The zero-order chi connectivity index (χ0) is 18.1. The van der Waals surface area contributed by atoms with Crippen molar-refractivity contribution in [2.45, 2.75) is 52.1 Å². The van der Waals surface area contributed by atoms with Crippen molar-refractivity contribution in [3.63, 3.8) is 0 Å². The number of carbonyl (C=O) groups excluding carboxylic acids is 2. The number of benzene rings is 1. The van der Waals surface area contributed by atoms with Gasteiger partial charge in [-0.25, -0.2) is 0 Å². The SMILES string of the molecule is Cc1ccc(C(=O)CCC(=O)NCCCOCC2CCCO2)cc1C. The second-order valence-corrected chi connectivity index (χ2v) is 6.64. The van der Waals surface area contributed by atoms with E-state index in [4.69, 9.17) is 9.47 Å². The van der Waals surface area contributed by atoms with Crippen LogP contribution in [-0.2, 0) is 14.3 Å². The Morgan fingerprint density at radius 3 is 2.80 bits per heavy atom. The molecule has 0 aliphatic carbocycles. The van der Waals surface area contributed by atoms with E-state index in [1.165, 1.54) is 0 Å². The Morgan fingerprint density at radius 2 is 2.08 bits per heavy atom. The van der Waals surface area contributed by atoms with Crippen molar-refractivity contribution < 1.29 is 19.1 Å². The maximum atomic E-state index is 12.1. The molecular formula is C20H29NO4. The Balaban J connectivity index is 1.54. The van der Waals surface area contributed by atoms with E-state index in [0.29, 0.717) is 25.3 Å². The number of carbonyl (C=O) groups is 2. The average molecular weight is 347 g/mol. The molecular weight excluding hydrogens is 318 g/mol. The summed E-state index contributed by atoms with van der Waals surface area (Å²) in [5, 5.41) is 2.84. The van der Waals surface area contributed by atoms with Gasteiger partial charge < -0.3 is 14.8 Å². The number of hydrogen-bond donors (Lipinski definition) is 1. The van der Waals surface area contributed by atoms with E-state index >= 15 is 0 Å². The molecule has 1 aromatic rings. The van der Waals surface area contributed by atoms with Crippen molar-refractivity contribution in [2.75, 3.05) is 26.4 Å². The summed E-state index contributed by atoms with van der Waals surface area (Å²) in [4.78, 5) is 24.0. The highest BCUT2D eigenvalue weighted by Crippen LogP contribution is 2.13. The van der Waals surface area contributed by atoms with Gasteiger partial charge in [0.15, 0.2) is 5.78 Å². The molecule has 1 atom stereocenters. The Hall–Kier alpha value is -1.72. The number of aryl methyl sites for hydroxylation is 2. The van der Waals surface area contributed by atoms with Gasteiger partial charge in [-0.15, -0.1) is 0 Å². The Morgan fingerprint density at radius 1 is 1.24 bits per heavy atom. The number of amides is 1. The summed E-state index contributed by atoms with van der Waals surface area (Å²) in [6.45, 7) is 6.66. The van der Waals surface area contributed by atoms with Gasteiger partial charge in [0.1, 0.15) is 0 Å². The summed E-state index contributed by atoms with van der Waals surface area (Å²) in [6.07, 6.45) is 3.66. The number of nitrogens with one attached hydrogen (secondary N) is 1. The van der Waals surface area contributed by atoms with Crippen LogP contribution in [0.2, 0.25) is 0 Å². The molecule has 0 spiro atoms. The molecule has 25 heavy (non-hydrogen) atoms. The summed E-state index contributed by atoms with van der Waals surface area (Å²) >= 11 is 0. The highest BCUT2D eigenvalue weighted by molar-refractivity contribution is 5.98. The van der Waals surface area contributed by atoms with Gasteiger partial charge in [0.05, 0.1) is 12.7 Å². The van der Waals surface area contributed by atoms with Crippen LogP contribution in [0.1, 0.15) is 53.6 Å². The summed E-state index contributed by atoms with van der Waals surface area (Å²) in [5.41, 5.74) is 2.94. The summed E-state index contributed by atoms with van der Waals surface area (Å²) < 4.78 is 11.0. The van der Waals surface area contributed by atoms with Crippen molar-refractivity contribution in [1.82, 2.24) is 5.32 Å². The van der Waals surface area contributed by atoms with Crippen molar-refractivity contribution in [3.05, 3.63) is 34.9 Å². The van der Waals surface area contributed by atoms with Crippen molar-refractivity contribution >= 4 is 11.7 Å². The van der Waals surface area contributed by atoms with E-state index in [9.17, 15) is 9.59 Å². The predicted octanol–water partition coefficient (Wildman–Crippen LogP) is 2.97. The molecule has 0 bridgehead atoms. The maximum Gasteiger partial charge on any atom is 0.220 e. The first-order valence-electron chi connectivity index (χ1n) is 9.13. The molecule has 1 saturated heterocycles. The zero-order valence-corrected chi connectivity index (χ0v) is 15.3. The van der Waals surface area contributed by atoms with Crippen molar-refractivity contribution in [1.29, 1.82) is 0 Å². The minimum Gasteiger partial charge on any atom is -0.379 e. The second-order valence-electron chi connectivity index (χ2n) is 6.64. The van der Waals surface area contributed by atoms with Crippen LogP contribution in [0.5, 0.6) is 0 Å². The van der Waals surface area contributed by atoms with E-state index in [2.05, 4.69) is 5.32 Å². The number of Topliss-reactive ketones (excluding diaryl/α,β-unsaturated/α-hetero) is 1. The van der Waals surface area contributed by atoms with Gasteiger partial charge in [-0.3, -0.25) is 9.59 Å². The quantitative estimate of drug-likeness (QED) is 0.522. The third-order valence-electron chi connectivity index (χ3n) is 4.52. The smallest absolute Gasteiger partial charge is 0.220 e. The van der Waals surface area contributed by atoms with Crippen LogP contribution in [-0.4, -0.2) is 44.2 Å². The minimum atomic E-state index is -0.0868. The highest BCUT2D eigenvalue weighted by Gasteiger charge is 2.15. The summed E-state index contributed by atoms with van der Waals surface area (Å²) in [6, 6.07) is 5.66. The molecule has 1 aliphatic heterocycles. The van der Waals surface area contributed by atoms with Gasteiger partial charge in [0, 0.05) is 38.2 Å². The highest BCUT2D eigenvalue weighted by atomic mass is 16.5. The molecule has 5 nitrogen and oxygen atoms in total. The van der Waals surface area contributed by atoms with Crippen LogP contribution in [0, 0.1) is 13.8 Å². The topological polar surface area (TPSA) is 64.6 Å². The molecule has 138 valence electrons. The van der Waals surface area contributed by atoms with Crippen LogP contribution in [0.25, 0.3) is 0 Å². The molecule has 1 heterocycles. The lowest BCUT2D eigenvalue weighted by Gasteiger charge is -2.10. The second kappa shape index (κ2) is 10.3. The average Bonchev–Trinajstić information content (AvgIpc) is 3.11. The molecule has 1 aromatic carbocycles. The fourth-order valence-electron chi connectivity index (χ4n) is 2.77. The molecule has 1 amide bonds. The predicted molar refractivity (Wildman–Crippen MR) is 96.9 cm³/mol. The van der Waals surface area contributed by atoms with Crippen LogP contribution in [0.3, 0.4) is 0 Å². The first kappa shape index (κ1) is 19.6. The zero-order valence-electron chi connectivity index (χ0n) is 15.3. The molecule has 2 rings (SSSR count). The maximum absolute atomic E-state index is 12.1. The van der Waals surface area contributed by atoms with Gasteiger partial charge in [-0.2, -0.15) is 0 Å². The normalized spacial score (nSPS) is 16.8. The van der Waals surface area contributed by atoms with Crippen LogP contribution >= 0.6 is 0 Å². The van der Waals surface area contributed by atoms with Crippen LogP contribution < -0.4 is 5.32 Å². The van der Waals surface area contributed by atoms with Crippen molar-refractivity contribution in [2.24, 2.45) is 0 Å². The number of ketones is 1. The minimum absolute atomic E-state index is 0.0122. The van der Waals surface area contributed by atoms with Gasteiger partial charge >= 0.3 is 0 Å². The molecule has 5 heteroatoms. The van der Waals surface area contributed by atoms with E-state index in [0.717, 1.165) is 37.0 Å². The number of ether oxygens (including phenoxy) is 2. The fourth-order valence-corrected chi connectivity index (χ4v) is 2.77. The molecule has 0 aromatic heterocycles. The lowest BCUT2D eigenvalue weighted by atomic mass is 10.0. The van der Waals surface area contributed by atoms with Gasteiger partial charge in [-0.1, -0.05) is 12.1 Å². The summed E-state index contributed by atoms with van der Waals surface area (Å²) in [7, 11) is 0.